The zero-order valence-corrected chi connectivity index (χ0v) is 17.9. The lowest BCUT2D eigenvalue weighted by Gasteiger charge is -2.30. The summed E-state index contributed by atoms with van der Waals surface area (Å²) < 4.78 is 26.1. The van der Waals surface area contributed by atoms with Crippen molar-refractivity contribution in [1.82, 2.24) is 5.32 Å². The Labute approximate surface area is 167 Å². The molecule has 27 heavy (non-hydrogen) atoms. The van der Waals surface area contributed by atoms with E-state index in [0.29, 0.717) is 23.7 Å². The van der Waals surface area contributed by atoms with Gasteiger partial charge in [0.15, 0.2) is 0 Å². The summed E-state index contributed by atoms with van der Waals surface area (Å²) in [7, 11) is -3.65. The summed E-state index contributed by atoms with van der Waals surface area (Å²) in [5.74, 6) is -0.281. The minimum Gasteiger partial charge on any atom is -0.354 e. The molecule has 0 aromatic heterocycles. The van der Waals surface area contributed by atoms with Gasteiger partial charge in [-0.1, -0.05) is 36.2 Å². The van der Waals surface area contributed by atoms with Crippen LogP contribution in [0.15, 0.2) is 29.8 Å². The first kappa shape index (κ1) is 21.8. The van der Waals surface area contributed by atoms with E-state index in [0.717, 1.165) is 31.1 Å². The molecule has 1 aliphatic carbocycles. The van der Waals surface area contributed by atoms with Gasteiger partial charge in [0.2, 0.25) is 15.9 Å². The van der Waals surface area contributed by atoms with E-state index < -0.39 is 16.1 Å². The lowest BCUT2D eigenvalue weighted by molar-refractivity contribution is -0.122. The Kier molecular flexibility index (Phi) is 7.74. The lowest BCUT2D eigenvalue weighted by atomic mass is 9.97. The van der Waals surface area contributed by atoms with E-state index in [-0.39, 0.29) is 5.91 Å². The van der Waals surface area contributed by atoms with Crippen molar-refractivity contribution in [2.45, 2.75) is 58.4 Å². The van der Waals surface area contributed by atoms with Crippen LogP contribution in [0.5, 0.6) is 0 Å². The molecule has 0 bridgehead atoms. The first-order valence-corrected chi connectivity index (χ1v) is 11.7. The molecule has 1 aromatic carbocycles. The van der Waals surface area contributed by atoms with E-state index in [1.54, 1.807) is 18.2 Å². The van der Waals surface area contributed by atoms with Gasteiger partial charge in [0.25, 0.3) is 0 Å². The van der Waals surface area contributed by atoms with Gasteiger partial charge in [-0.05, 0) is 63.1 Å². The SMILES string of the molecule is CCC(C(=O)NCCC1=CCCCC1)N(c1ccc(C)c(Cl)c1)S(C)(=O)=O. The van der Waals surface area contributed by atoms with Crippen molar-refractivity contribution in [1.29, 1.82) is 0 Å². The van der Waals surface area contributed by atoms with E-state index in [1.807, 2.05) is 13.8 Å². The Balaban J connectivity index is 2.15. The largest absolute Gasteiger partial charge is 0.354 e. The number of anilines is 1. The van der Waals surface area contributed by atoms with Crippen LogP contribution >= 0.6 is 11.6 Å². The third kappa shape index (κ3) is 5.98. The highest BCUT2D eigenvalue weighted by Crippen LogP contribution is 2.27. The Morgan fingerprint density at radius 3 is 2.63 bits per heavy atom. The zero-order chi connectivity index (χ0) is 20.0. The monoisotopic (exact) mass is 412 g/mol. The van der Waals surface area contributed by atoms with Gasteiger partial charge in [-0.3, -0.25) is 9.10 Å². The normalized spacial score (nSPS) is 15.8. The fourth-order valence-corrected chi connectivity index (χ4v) is 4.75. The van der Waals surface area contributed by atoms with Gasteiger partial charge in [0.05, 0.1) is 11.9 Å². The van der Waals surface area contributed by atoms with Crippen molar-refractivity contribution in [3.8, 4) is 0 Å². The number of carbonyl (C=O) groups is 1. The number of carbonyl (C=O) groups excluding carboxylic acids is 1. The Hall–Kier alpha value is -1.53. The summed E-state index contributed by atoms with van der Waals surface area (Å²) in [6, 6.07) is 4.24. The van der Waals surface area contributed by atoms with Gasteiger partial charge in [-0.25, -0.2) is 8.42 Å². The van der Waals surface area contributed by atoms with Crippen LogP contribution in [0.2, 0.25) is 5.02 Å². The topological polar surface area (TPSA) is 66.5 Å². The van der Waals surface area contributed by atoms with E-state index in [1.165, 1.54) is 22.7 Å². The van der Waals surface area contributed by atoms with E-state index in [9.17, 15) is 13.2 Å². The van der Waals surface area contributed by atoms with Gasteiger partial charge in [-0.2, -0.15) is 0 Å². The van der Waals surface area contributed by atoms with Gasteiger partial charge < -0.3 is 5.32 Å². The van der Waals surface area contributed by atoms with Crippen LogP contribution in [0.4, 0.5) is 5.69 Å². The molecule has 5 nitrogen and oxygen atoms in total. The van der Waals surface area contributed by atoms with Crippen molar-refractivity contribution in [2.75, 3.05) is 17.1 Å². The number of rotatable bonds is 8. The van der Waals surface area contributed by atoms with Crippen LogP contribution < -0.4 is 9.62 Å². The van der Waals surface area contributed by atoms with E-state index in [4.69, 9.17) is 11.6 Å². The van der Waals surface area contributed by atoms with Crippen molar-refractivity contribution in [2.24, 2.45) is 0 Å². The molecule has 0 fully saturated rings. The lowest BCUT2D eigenvalue weighted by Crippen LogP contribution is -2.49. The summed E-state index contributed by atoms with van der Waals surface area (Å²) in [6.45, 7) is 4.18. The predicted molar refractivity (Wildman–Crippen MR) is 112 cm³/mol. The second-order valence-corrected chi connectivity index (χ2v) is 9.33. The number of aryl methyl sites for hydroxylation is 1. The molecule has 0 saturated carbocycles. The molecular formula is C20H29ClN2O3S. The summed E-state index contributed by atoms with van der Waals surface area (Å²) in [5.41, 5.74) is 2.64. The second-order valence-electron chi connectivity index (χ2n) is 7.07. The number of amides is 1. The maximum atomic E-state index is 12.8. The Bertz CT molecular complexity index is 805. The number of hydrogen-bond donors (Lipinski definition) is 1. The van der Waals surface area contributed by atoms with Crippen LogP contribution in [0.25, 0.3) is 0 Å². The molecule has 1 amide bonds. The molecule has 1 N–H and O–H groups in total. The third-order valence-electron chi connectivity index (χ3n) is 4.87. The predicted octanol–water partition coefficient (Wildman–Crippen LogP) is 4.20. The van der Waals surface area contributed by atoms with Gasteiger partial charge in [0.1, 0.15) is 6.04 Å². The summed E-state index contributed by atoms with van der Waals surface area (Å²) >= 11 is 6.18. The molecule has 150 valence electrons. The average Bonchev–Trinajstić information content (AvgIpc) is 2.62. The molecule has 0 saturated heterocycles. The number of nitrogens with zero attached hydrogens (tertiary/aromatic N) is 1. The molecule has 1 aliphatic rings. The molecular weight excluding hydrogens is 384 g/mol. The molecule has 1 atom stereocenters. The fourth-order valence-electron chi connectivity index (χ4n) is 3.37. The third-order valence-corrected chi connectivity index (χ3v) is 6.46. The molecule has 2 rings (SSSR count). The molecule has 7 heteroatoms. The van der Waals surface area contributed by atoms with Crippen LogP contribution in [0.1, 0.15) is 51.0 Å². The average molecular weight is 413 g/mol. The first-order chi connectivity index (χ1) is 12.7. The van der Waals surface area contributed by atoms with Crippen molar-refractivity contribution in [3.63, 3.8) is 0 Å². The fraction of sp³-hybridized carbons (Fsp3) is 0.550. The number of nitrogens with one attached hydrogen (secondary N) is 1. The molecule has 0 spiro atoms. The highest BCUT2D eigenvalue weighted by atomic mass is 35.5. The van der Waals surface area contributed by atoms with Crippen LogP contribution in [-0.4, -0.2) is 33.2 Å². The highest BCUT2D eigenvalue weighted by Gasteiger charge is 2.31. The molecule has 1 aromatic rings. The quantitative estimate of drug-likeness (QED) is 0.650. The number of benzene rings is 1. The van der Waals surface area contributed by atoms with Crippen LogP contribution in [0, 0.1) is 6.92 Å². The maximum absolute atomic E-state index is 12.8. The zero-order valence-electron chi connectivity index (χ0n) is 16.3. The molecule has 1 unspecified atom stereocenters. The maximum Gasteiger partial charge on any atom is 0.243 e. The second kappa shape index (κ2) is 9.60. The molecule has 0 heterocycles. The summed E-state index contributed by atoms with van der Waals surface area (Å²) in [5, 5.41) is 3.38. The Morgan fingerprint density at radius 1 is 1.33 bits per heavy atom. The highest BCUT2D eigenvalue weighted by molar-refractivity contribution is 7.92. The molecule has 0 radical (unpaired) electrons. The standard InChI is InChI=1S/C20H29ClN2O3S/c1-4-19(20(24)22-13-12-16-8-6-5-7-9-16)23(27(3,25)26)17-11-10-15(2)18(21)14-17/h8,10-11,14,19H,4-7,9,12-13H2,1-3H3,(H,22,24). The Morgan fingerprint density at radius 2 is 2.07 bits per heavy atom. The smallest absolute Gasteiger partial charge is 0.243 e. The minimum absolute atomic E-state index is 0.281. The summed E-state index contributed by atoms with van der Waals surface area (Å²) in [6.07, 6.45) is 9.18. The number of sulfonamides is 1. The summed E-state index contributed by atoms with van der Waals surface area (Å²) in [4.78, 5) is 12.8. The van der Waals surface area contributed by atoms with E-state index in [2.05, 4.69) is 11.4 Å². The van der Waals surface area contributed by atoms with Crippen molar-refractivity contribution in [3.05, 3.63) is 40.4 Å². The van der Waals surface area contributed by atoms with Crippen LogP contribution in [-0.2, 0) is 14.8 Å². The van der Waals surface area contributed by atoms with Crippen LogP contribution in [0.3, 0.4) is 0 Å². The van der Waals surface area contributed by atoms with Gasteiger partial charge >= 0.3 is 0 Å². The van der Waals surface area contributed by atoms with Gasteiger partial charge in [-0.15, -0.1) is 0 Å². The number of hydrogen-bond acceptors (Lipinski definition) is 3. The number of halogens is 1. The van der Waals surface area contributed by atoms with Gasteiger partial charge in [0, 0.05) is 11.6 Å². The van der Waals surface area contributed by atoms with Crippen molar-refractivity contribution >= 4 is 33.2 Å². The van der Waals surface area contributed by atoms with Crippen molar-refractivity contribution < 1.29 is 13.2 Å². The number of allylic oxidation sites excluding steroid dienone is 1. The van der Waals surface area contributed by atoms with E-state index >= 15 is 0 Å². The molecule has 0 aliphatic heterocycles. The first-order valence-electron chi connectivity index (χ1n) is 9.45. The minimum atomic E-state index is -3.65.